The number of aromatic nitrogens is 1. The molecule has 0 radical (unpaired) electrons. The second kappa shape index (κ2) is 7.64. The fraction of sp³-hybridized carbons (Fsp3) is 0.300. The molecular formula is C20H18F3N3O2S. The zero-order valence-electron chi connectivity index (χ0n) is 15.5. The molecule has 3 heterocycles. The Kier molecular flexibility index (Phi) is 5.18. The fourth-order valence-corrected chi connectivity index (χ4v) is 4.24. The summed E-state index contributed by atoms with van der Waals surface area (Å²) in [7, 11) is 0. The van der Waals surface area contributed by atoms with Gasteiger partial charge in [-0.2, -0.15) is 13.2 Å². The maximum absolute atomic E-state index is 12.9. The predicted octanol–water partition coefficient (Wildman–Crippen LogP) is 5.05. The maximum atomic E-state index is 12.9. The molecule has 0 aliphatic carbocycles. The Morgan fingerprint density at radius 1 is 1.31 bits per heavy atom. The number of anilines is 1. The molecule has 29 heavy (non-hydrogen) atoms. The number of nitrogens with zero attached hydrogens (tertiary/aromatic N) is 2. The van der Waals surface area contributed by atoms with Crippen molar-refractivity contribution >= 4 is 22.4 Å². The number of likely N-dealkylation sites (N-methyl/N-ethyl adjacent to an activating group) is 1. The van der Waals surface area contributed by atoms with Gasteiger partial charge in [-0.1, -0.05) is 19.1 Å². The van der Waals surface area contributed by atoms with Crippen molar-refractivity contribution in [3.8, 4) is 11.3 Å². The zero-order valence-corrected chi connectivity index (χ0v) is 16.4. The summed E-state index contributed by atoms with van der Waals surface area (Å²) in [6.07, 6.45) is -3.60. The van der Waals surface area contributed by atoms with E-state index in [9.17, 15) is 18.0 Å². The highest BCUT2D eigenvalue weighted by molar-refractivity contribution is 7.15. The molecule has 0 spiro atoms. The van der Waals surface area contributed by atoms with Crippen LogP contribution < -0.4 is 5.32 Å². The van der Waals surface area contributed by atoms with E-state index in [1.807, 2.05) is 0 Å². The van der Waals surface area contributed by atoms with E-state index in [0.29, 0.717) is 5.13 Å². The van der Waals surface area contributed by atoms with Gasteiger partial charge in [0.2, 0.25) is 0 Å². The van der Waals surface area contributed by atoms with Crippen molar-refractivity contribution in [3.05, 3.63) is 58.3 Å². The van der Waals surface area contributed by atoms with E-state index in [-0.39, 0.29) is 17.1 Å². The van der Waals surface area contributed by atoms with Crippen LogP contribution in [0.3, 0.4) is 0 Å². The SMILES string of the molecule is CCN1CCc2nc(NC(=O)c3ccc(-c4cccc(C(F)(F)F)c4)o3)sc2C1. The number of furan rings is 1. The first kappa shape index (κ1) is 19.7. The molecule has 1 N–H and O–H groups in total. The number of carbonyl (C=O) groups excluding carboxylic acids is 1. The molecule has 4 rings (SSSR count). The molecule has 152 valence electrons. The fourth-order valence-electron chi connectivity index (χ4n) is 3.19. The smallest absolute Gasteiger partial charge is 0.416 e. The number of fused-ring (bicyclic) bond motifs is 1. The number of halogens is 3. The second-order valence-electron chi connectivity index (χ2n) is 6.70. The van der Waals surface area contributed by atoms with Gasteiger partial charge in [0.1, 0.15) is 5.76 Å². The normalized spacial score (nSPS) is 14.6. The number of benzene rings is 1. The average molecular weight is 421 g/mol. The third-order valence-corrected chi connectivity index (χ3v) is 5.78. The minimum atomic E-state index is -4.44. The molecule has 1 aliphatic rings. The van der Waals surface area contributed by atoms with Gasteiger partial charge < -0.3 is 4.42 Å². The standard InChI is InChI=1S/C20H18F3N3O2S/c1-2-26-9-8-14-17(11-26)29-19(24-14)25-18(27)16-7-6-15(28-16)12-4-3-5-13(10-12)20(21,22)23/h3-7,10H,2,8-9,11H2,1H3,(H,24,25,27). The van der Waals surface area contributed by atoms with Crippen LogP contribution in [-0.4, -0.2) is 28.9 Å². The number of thiazole rings is 1. The number of nitrogens with one attached hydrogen (secondary N) is 1. The molecule has 1 amide bonds. The number of carbonyl (C=O) groups is 1. The van der Waals surface area contributed by atoms with Gasteiger partial charge in [-0.3, -0.25) is 15.0 Å². The minimum absolute atomic E-state index is 0.0146. The Bertz CT molecular complexity index is 1040. The number of hydrogen-bond acceptors (Lipinski definition) is 5. The van der Waals surface area contributed by atoms with Gasteiger partial charge in [-0.25, -0.2) is 4.98 Å². The van der Waals surface area contributed by atoms with Crippen molar-refractivity contribution < 1.29 is 22.4 Å². The van der Waals surface area contributed by atoms with Gasteiger partial charge in [-0.05, 0) is 30.8 Å². The summed E-state index contributed by atoms with van der Waals surface area (Å²) < 4.78 is 44.2. The molecule has 3 aromatic rings. The number of hydrogen-bond donors (Lipinski definition) is 1. The molecule has 0 saturated heterocycles. The Labute approximate surface area is 169 Å². The molecule has 0 atom stereocenters. The Morgan fingerprint density at radius 3 is 2.90 bits per heavy atom. The van der Waals surface area contributed by atoms with Crippen molar-refractivity contribution in [2.75, 3.05) is 18.4 Å². The van der Waals surface area contributed by atoms with Gasteiger partial charge in [0, 0.05) is 30.0 Å². The molecular weight excluding hydrogens is 403 g/mol. The van der Waals surface area contributed by atoms with Crippen LogP contribution in [0.15, 0.2) is 40.8 Å². The summed E-state index contributed by atoms with van der Waals surface area (Å²) in [4.78, 5) is 20.4. The molecule has 0 bridgehead atoms. The van der Waals surface area contributed by atoms with Crippen LogP contribution in [-0.2, 0) is 19.1 Å². The quantitative estimate of drug-likeness (QED) is 0.640. The van der Waals surface area contributed by atoms with Crippen molar-refractivity contribution in [2.24, 2.45) is 0 Å². The second-order valence-corrected chi connectivity index (χ2v) is 7.79. The number of rotatable bonds is 4. The van der Waals surface area contributed by atoms with Gasteiger partial charge in [0.25, 0.3) is 5.91 Å². The highest BCUT2D eigenvalue weighted by Crippen LogP contribution is 2.33. The predicted molar refractivity (Wildman–Crippen MR) is 104 cm³/mol. The first-order valence-corrected chi connectivity index (χ1v) is 9.95. The van der Waals surface area contributed by atoms with E-state index in [1.54, 1.807) is 0 Å². The topological polar surface area (TPSA) is 58.4 Å². The molecule has 9 heteroatoms. The summed E-state index contributed by atoms with van der Waals surface area (Å²) in [5, 5.41) is 3.22. The van der Waals surface area contributed by atoms with E-state index < -0.39 is 17.6 Å². The maximum Gasteiger partial charge on any atom is 0.416 e. The van der Waals surface area contributed by atoms with Crippen LogP contribution >= 0.6 is 11.3 Å². The van der Waals surface area contributed by atoms with Crippen LogP contribution in [0.1, 0.15) is 33.6 Å². The van der Waals surface area contributed by atoms with Gasteiger partial charge in [0.05, 0.1) is 11.3 Å². The number of alkyl halides is 3. The average Bonchev–Trinajstić information content (AvgIpc) is 3.33. The lowest BCUT2D eigenvalue weighted by Crippen LogP contribution is -2.29. The first-order valence-electron chi connectivity index (χ1n) is 9.13. The third-order valence-electron chi connectivity index (χ3n) is 4.78. The van der Waals surface area contributed by atoms with Crippen LogP contribution in [0.25, 0.3) is 11.3 Å². The van der Waals surface area contributed by atoms with Crippen LogP contribution in [0.4, 0.5) is 18.3 Å². The van der Waals surface area contributed by atoms with Gasteiger partial charge >= 0.3 is 6.18 Å². The Balaban J connectivity index is 1.49. The Morgan fingerprint density at radius 2 is 2.14 bits per heavy atom. The van der Waals surface area contributed by atoms with Crippen molar-refractivity contribution in [2.45, 2.75) is 26.1 Å². The molecule has 0 fully saturated rings. The zero-order chi connectivity index (χ0) is 20.6. The Hall–Kier alpha value is -2.65. The van der Waals surface area contributed by atoms with Gasteiger partial charge in [-0.15, -0.1) is 11.3 Å². The van der Waals surface area contributed by atoms with Crippen LogP contribution in [0, 0.1) is 0 Å². The molecule has 0 unspecified atom stereocenters. The lowest BCUT2D eigenvalue weighted by atomic mass is 10.1. The third kappa shape index (κ3) is 4.20. The summed E-state index contributed by atoms with van der Waals surface area (Å²) >= 11 is 1.43. The van der Waals surface area contributed by atoms with E-state index in [2.05, 4.69) is 22.1 Å². The number of amides is 1. The van der Waals surface area contributed by atoms with Crippen LogP contribution in [0.5, 0.6) is 0 Å². The molecule has 1 aliphatic heterocycles. The first-order chi connectivity index (χ1) is 13.8. The monoisotopic (exact) mass is 421 g/mol. The molecule has 5 nitrogen and oxygen atoms in total. The van der Waals surface area contributed by atoms with E-state index >= 15 is 0 Å². The highest BCUT2D eigenvalue weighted by atomic mass is 32.1. The summed E-state index contributed by atoms with van der Waals surface area (Å²) in [6.45, 7) is 4.83. The van der Waals surface area contributed by atoms with E-state index in [1.165, 1.54) is 35.6 Å². The largest absolute Gasteiger partial charge is 0.451 e. The highest BCUT2D eigenvalue weighted by Gasteiger charge is 2.30. The van der Waals surface area contributed by atoms with E-state index in [0.717, 1.165) is 48.8 Å². The lowest BCUT2D eigenvalue weighted by molar-refractivity contribution is -0.137. The summed E-state index contributed by atoms with van der Waals surface area (Å²) in [5.74, 6) is -0.277. The van der Waals surface area contributed by atoms with Crippen molar-refractivity contribution in [1.82, 2.24) is 9.88 Å². The minimum Gasteiger partial charge on any atom is -0.451 e. The summed E-state index contributed by atoms with van der Waals surface area (Å²) in [5.41, 5.74) is 0.481. The summed E-state index contributed by atoms with van der Waals surface area (Å²) in [6, 6.07) is 7.72. The molecule has 0 saturated carbocycles. The molecule has 2 aromatic heterocycles. The van der Waals surface area contributed by atoms with Crippen molar-refractivity contribution in [3.63, 3.8) is 0 Å². The van der Waals surface area contributed by atoms with Crippen LogP contribution in [0.2, 0.25) is 0 Å². The lowest BCUT2D eigenvalue weighted by Gasteiger charge is -2.23. The molecule has 1 aromatic carbocycles. The van der Waals surface area contributed by atoms with E-state index in [4.69, 9.17) is 4.42 Å². The van der Waals surface area contributed by atoms with Crippen molar-refractivity contribution in [1.29, 1.82) is 0 Å². The van der Waals surface area contributed by atoms with Gasteiger partial charge in [0.15, 0.2) is 10.9 Å².